The van der Waals surface area contributed by atoms with Crippen LogP contribution in [0, 0.1) is 0 Å². The Bertz CT molecular complexity index is 557. The van der Waals surface area contributed by atoms with E-state index in [1.807, 2.05) is 0 Å². The molecule has 2 aromatic heterocycles. The van der Waals surface area contributed by atoms with Crippen LogP contribution in [0.5, 0.6) is 0 Å². The lowest BCUT2D eigenvalue weighted by Crippen LogP contribution is -2.02. The van der Waals surface area contributed by atoms with Crippen molar-refractivity contribution < 1.29 is 14.4 Å². The summed E-state index contributed by atoms with van der Waals surface area (Å²) in [5, 5.41) is 11.8. The van der Waals surface area contributed by atoms with Crippen molar-refractivity contribution in [2.45, 2.75) is 0 Å². The summed E-state index contributed by atoms with van der Waals surface area (Å²) in [6, 6.07) is 2.76. The number of hydrogen-bond acceptors (Lipinski definition) is 5. The smallest absolute Gasteiger partial charge is 0.377 e. The minimum Gasteiger partial charge on any atom is -0.475 e. The van der Waals surface area contributed by atoms with Gasteiger partial charge in [0, 0.05) is 17.8 Å². The third-order valence-corrected chi connectivity index (χ3v) is 1.64. The van der Waals surface area contributed by atoms with E-state index in [9.17, 15) is 9.59 Å². The summed E-state index contributed by atoms with van der Waals surface area (Å²) in [7, 11) is 0. The summed E-state index contributed by atoms with van der Waals surface area (Å²) in [5.74, 6) is -1.72. The molecule has 0 spiro atoms. The summed E-state index contributed by atoms with van der Waals surface area (Å²) in [4.78, 5) is 27.4. The zero-order chi connectivity index (χ0) is 10.8. The van der Waals surface area contributed by atoms with Crippen molar-refractivity contribution >= 4 is 5.97 Å². The summed E-state index contributed by atoms with van der Waals surface area (Å²) < 4.78 is 4.67. The number of carboxylic acid groups (broad SMARTS) is 1. The number of aromatic nitrogens is 3. The Labute approximate surface area is 82.4 Å². The molecule has 0 saturated carbocycles. The van der Waals surface area contributed by atoms with Crippen molar-refractivity contribution in [2.75, 3.05) is 0 Å². The average Bonchev–Trinajstić information content (AvgIpc) is 2.66. The van der Waals surface area contributed by atoms with Gasteiger partial charge in [-0.3, -0.25) is 4.79 Å². The Hall–Kier alpha value is -2.44. The minimum atomic E-state index is -1.28. The SMILES string of the molecule is O=C(O)c1noc(-c2cc[nH]c(=O)c2)n1. The largest absolute Gasteiger partial charge is 0.475 e. The molecule has 0 amide bonds. The van der Waals surface area contributed by atoms with Gasteiger partial charge in [0.1, 0.15) is 0 Å². The molecule has 0 aromatic carbocycles. The normalized spacial score (nSPS) is 10.1. The van der Waals surface area contributed by atoms with Crippen LogP contribution in [0.1, 0.15) is 10.6 Å². The fourth-order valence-corrected chi connectivity index (χ4v) is 1.01. The molecule has 0 saturated heterocycles. The highest BCUT2D eigenvalue weighted by Crippen LogP contribution is 2.13. The molecule has 0 aliphatic rings. The maximum absolute atomic E-state index is 10.9. The summed E-state index contributed by atoms with van der Waals surface area (Å²) in [6.45, 7) is 0. The number of carboxylic acids is 1. The minimum absolute atomic E-state index is 0.00139. The highest BCUT2D eigenvalue weighted by atomic mass is 16.5. The Morgan fingerprint density at radius 3 is 2.93 bits per heavy atom. The lowest BCUT2D eigenvalue weighted by Gasteiger charge is -1.89. The number of nitrogens with one attached hydrogen (secondary N) is 1. The summed E-state index contributed by atoms with van der Waals surface area (Å²) in [6.07, 6.45) is 1.41. The third-order valence-electron chi connectivity index (χ3n) is 1.64. The first-order chi connectivity index (χ1) is 7.16. The van der Waals surface area contributed by atoms with Crippen molar-refractivity contribution in [1.82, 2.24) is 15.1 Å². The molecule has 0 fully saturated rings. The molecule has 7 heteroatoms. The number of H-pyrrole nitrogens is 1. The van der Waals surface area contributed by atoms with Gasteiger partial charge in [0.2, 0.25) is 5.56 Å². The van der Waals surface area contributed by atoms with Crippen molar-refractivity contribution in [3.63, 3.8) is 0 Å². The Morgan fingerprint density at radius 1 is 1.53 bits per heavy atom. The van der Waals surface area contributed by atoms with E-state index in [-0.39, 0.29) is 11.4 Å². The van der Waals surface area contributed by atoms with E-state index in [4.69, 9.17) is 5.11 Å². The van der Waals surface area contributed by atoms with E-state index in [0.29, 0.717) is 5.56 Å². The number of aromatic carboxylic acids is 1. The van der Waals surface area contributed by atoms with Crippen molar-refractivity contribution in [3.8, 4) is 11.5 Å². The molecule has 0 bridgehead atoms. The number of carbonyl (C=O) groups is 1. The van der Waals surface area contributed by atoms with Gasteiger partial charge in [-0.15, -0.1) is 0 Å². The maximum Gasteiger partial charge on any atom is 0.377 e. The van der Waals surface area contributed by atoms with E-state index in [0.717, 1.165) is 0 Å². The van der Waals surface area contributed by atoms with E-state index >= 15 is 0 Å². The second-order valence-electron chi connectivity index (χ2n) is 2.67. The maximum atomic E-state index is 10.9. The van der Waals surface area contributed by atoms with Crippen LogP contribution >= 0.6 is 0 Å². The van der Waals surface area contributed by atoms with E-state index in [2.05, 4.69) is 19.6 Å². The molecule has 0 aliphatic carbocycles. The standard InChI is InChI=1S/C8H5N3O4/c12-5-3-4(1-2-9-5)7-10-6(8(13)14)11-15-7/h1-3H,(H,9,12)(H,13,14). The van der Waals surface area contributed by atoms with Crippen molar-refractivity contribution in [1.29, 1.82) is 0 Å². The summed E-state index contributed by atoms with van der Waals surface area (Å²) >= 11 is 0. The Morgan fingerprint density at radius 2 is 2.33 bits per heavy atom. The van der Waals surface area contributed by atoms with Gasteiger partial charge in [0.05, 0.1) is 0 Å². The first-order valence-electron chi connectivity index (χ1n) is 3.93. The second kappa shape index (κ2) is 3.37. The number of pyridine rings is 1. The average molecular weight is 207 g/mol. The molecule has 2 heterocycles. The number of hydrogen-bond donors (Lipinski definition) is 2. The third kappa shape index (κ3) is 1.75. The molecule has 2 N–H and O–H groups in total. The van der Waals surface area contributed by atoms with Crippen LogP contribution < -0.4 is 5.56 Å². The number of rotatable bonds is 2. The Balaban J connectivity index is 2.46. The van der Waals surface area contributed by atoms with E-state index < -0.39 is 11.8 Å². The zero-order valence-corrected chi connectivity index (χ0v) is 7.30. The fraction of sp³-hybridized carbons (Fsp3) is 0. The molecule has 7 nitrogen and oxygen atoms in total. The van der Waals surface area contributed by atoms with Crippen LogP contribution in [-0.2, 0) is 0 Å². The fourth-order valence-electron chi connectivity index (χ4n) is 1.01. The number of aromatic amines is 1. The molecular formula is C8H5N3O4. The van der Waals surface area contributed by atoms with Crippen LogP contribution in [0.4, 0.5) is 0 Å². The molecular weight excluding hydrogens is 202 g/mol. The molecule has 0 unspecified atom stereocenters. The van der Waals surface area contributed by atoms with Gasteiger partial charge in [-0.05, 0) is 11.2 Å². The van der Waals surface area contributed by atoms with Gasteiger partial charge >= 0.3 is 5.97 Å². The lowest BCUT2D eigenvalue weighted by molar-refractivity contribution is 0.0680. The molecule has 2 aromatic rings. The first-order valence-corrected chi connectivity index (χ1v) is 3.93. The van der Waals surface area contributed by atoms with Crippen molar-refractivity contribution in [2.24, 2.45) is 0 Å². The molecule has 0 aliphatic heterocycles. The molecule has 2 rings (SSSR count). The molecule has 0 radical (unpaired) electrons. The van der Waals surface area contributed by atoms with Crippen molar-refractivity contribution in [3.05, 3.63) is 34.5 Å². The monoisotopic (exact) mass is 207 g/mol. The number of nitrogens with zero attached hydrogens (tertiary/aromatic N) is 2. The quantitative estimate of drug-likeness (QED) is 0.723. The topological polar surface area (TPSA) is 109 Å². The zero-order valence-electron chi connectivity index (χ0n) is 7.30. The van der Waals surface area contributed by atoms with Gasteiger partial charge in [0.15, 0.2) is 0 Å². The molecule has 0 atom stereocenters. The van der Waals surface area contributed by atoms with E-state index in [1.165, 1.54) is 18.3 Å². The highest BCUT2D eigenvalue weighted by Gasteiger charge is 2.14. The van der Waals surface area contributed by atoms with Crippen LogP contribution in [-0.4, -0.2) is 26.2 Å². The predicted molar refractivity (Wildman–Crippen MR) is 47.3 cm³/mol. The second-order valence-corrected chi connectivity index (χ2v) is 2.67. The summed E-state index contributed by atoms with van der Waals surface area (Å²) in [5.41, 5.74) is 0.0429. The van der Waals surface area contributed by atoms with Crippen LogP contribution in [0.3, 0.4) is 0 Å². The lowest BCUT2D eigenvalue weighted by atomic mass is 10.3. The van der Waals surface area contributed by atoms with Gasteiger partial charge in [-0.1, -0.05) is 0 Å². The van der Waals surface area contributed by atoms with Crippen LogP contribution in [0.25, 0.3) is 11.5 Å². The predicted octanol–water partition coefficient (Wildman–Crippen LogP) is 0.123. The molecule has 15 heavy (non-hydrogen) atoms. The van der Waals surface area contributed by atoms with Gasteiger partial charge < -0.3 is 14.6 Å². The van der Waals surface area contributed by atoms with E-state index in [1.54, 1.807) is 0 Å². The van der Waals surface area contributed by atoms with Gasteiger partial charge in [-0.25, -0.2) is 4.79 Å². The first kappa shape index (κ1) is 9.13. The van der Waals surface area contributed by atoms with Gasteiger partial charge in [-0.2, -0.15) is 4.98 Å². The van der Waals surface area contributed by atoms with Crippen LogP contribution in [0.2, 0.25) is 0 Å². The Kier molecular flexibility index (Phi) is 2.05. The molecule has 76 valence electrons. The van der Waals surface area contributed by atoms with Gasteiger partial charge in [0.25, 0.3) is 11.7 Å². The highest BCUT2D eigenvalue weighted by molar-refractivity contribution is 5.83. The van der Waals surface area contributed by atoms with Crippen LogP contribution in [0.15, 0.2) is 27.6 Å².